The fourth-order valence-corrected chi connectivity index (χ4v) is 0.527. The van der Waals surface area contributed by atoms with Crippen LogP contribution in [-0.4, -0.2) is 35.0 Å². The molecule has 0 saturated carbocycles. The van der Waals surface area contributed by atoms with E-state index < -0.39 is 37.5 Å². The van der Waals surface area contributed by atoms with E-state index in [0.717, 1.165) is 6.92 Å². The number of hydrogen-bond acceptors (Lipinski definition) is 3. The van der Waals surface area contributed by atoms with E-state index in [2.05, 4.69) is 27.2 Å². The van der Waals surface area contributed by atoms with Gasteiger partial charge in [0.2, 0.25) is 0 Å². The van der Waals surface area contributed by atoms with Gasteiger partial charge in [-0.1, -0.05) is 0 Å². The number of halogens is 7. The summed E-state index contributed by atoms with van der Waals surface area (Å²) in [5.74, 6) is 0. The lowest BCUT2D eigenvalue weighted by molar-refractivity contribution is -0.297. The maximum absolute atomic E-state index is 12.2. The molecule has 0 spiro atoms. The van der Waals surface area contributed by atoms with Crippen molar-refractivity contribution >= 4 is 28.6 Å². The lowest BCUT2D eigenvalue weighted by atomic mass is 10.4. The van der Waals surface area contributed by atoms with Crippen LogP contribution >= 0.6 is 28.6 Å². The Labute approximate surface area is 109 Å². The van der Waals surface area contributed by atoms with Gasteiger partial charge < -0.3 is 14.7 Å². The molecule has 0 amide bonds. The second-order valence-electron chi connectivity index (χ2n) is 3.02. The average molecular weight is 343 g/mol. The Morgan fingerprint density at radius 3 is 1.83 bits per heavy atom. The molecule has 0 fully saturated rings. The van der Waals surface area contributed by atoms with Crippen molar-refractivity contribution in [2.24, 2.45) is 0 Å². The van der Waals surface area contributed by atoms with E-state index in [1.807, 2.05) is 0 Å². The molecule has 1 atom stereocenters. The zero-order valence-electron chi connectivity index (χ0n) is 8.80. The molecule has 18 heavy (non-hydrogen) atoms. The van der Waals surface area contributed by atoms with Crippen LogP contribution in [0.4, 0.5) is 22.0 Å². The molecule has 0 saturated heterocycles. The lowest BCUT2D eigenvalue weighted by Gasteiger charge is -2.18. The molecule has 0 aliphatic heterocycles. The molecular formula is C6H10Cl2F5O4P. The molecule has 0 rings (SSSR count). The van der Waals surface area contributed by atoms with Crippen LogP contribution in [0.5, 0.6) is 0 Å². The smallest absolute Gasteiger partial charge is 0.391 e. The minimum absolute atomic E-state index is 0.830. The molecule has 0 aliphatic rings. The summed E-state index contributed by atoms with van der Waals surface area (Å²) in [5, 5.41) is 8.47. The minimum atomic E-state index is -4.98. The monoisotopic (exact) mass is 342 g/mol. The number of ether oxygens (including phenoxy) is 1. The Hall–Kier alpha value is 0.340. The summed E-state index contributed by atoms with van der Waals surface area (Å²) in [6.07, 6.45) is -16.5. The van der Waals surface area contributed by atoms with Gasteiger partial charge in [-0.3, -0.25) is 4.57 Å². The summed E-state index contributed by atoms with van der Waals surface area (Å²) in [6, 6.07) is 0. The van der Waals surface area contributed by atoms with E-state index in [-0.39, 0.29) is 0 Å². The number of alkyl halides is 5. The highest BCUT2D eigenvalue weighted by atomic mass is 35.9. The van der Waals surface area contributed by atoms with Crippen LogP contribution in [0.25, 0.3) is 0 Å². The van der Waals surface area contributed by atoms with Crippen LogP contribution < -0.4 is 0 Å². The molecule has 2 N–H and O–H groups in total. The van der Waals surface area contributed by atoms with E-state index in [1.165, 1.54) is 0 Å². The highest BCUT2D eigenvalue weighted by molar-refractivity contribution is 8.04. The third-order valence-corrected chi connectivity index (χ3v) is 0.942. The average Bonchev–Trinajstić information content (AvgIpc) is 1.92. The summed E-state index contributed by atoms with van der Waals surface area (Å²) in [6.45, 7) is 0.298. The fraction of sp³-hybridized carbons (Fsp3) is 1.00. The van der Waals surface area contributed by atoms with E-state index in [4.69, 9.17) is 10.00 Å². The molecule has 0 heterocycles. The van der Waals surface area contributed by atoms with Crippen LogP contribution in [0.1, 0.15) is 13.3 Å². The SMILES string of the molecule is CC(O)COC(F)(F)CC(F)(F)F.O=P(O)(Cl)Cl. The minimum Gasteiger partial charge on any atom is -0.391 e. The first-order chi connectivity index (χ1) is 7.62. The Morgan fingerprint density at radius 2 is 1.61 bits per heavy atom. The van der Waals surface area contributed by atoms with Gasteiger partial charge in [0.25, 0.3) is 0 Å². The summed E-state index contributed by atoms with van der Waals surface area (Å²) < 4.78 is 71.7. The fourth-order valence-electron chi connectivity index (χ4n) is 0.527. The second kappa shape index (κ2) is 7.81. The first-order valence-electron chi connectivity index (χ1n) is 4.11. The standard InChI is InChI=1S/C6H9F5O2.Cl2HO2P/c1-4(12)2-13-6(10,11)3-5(7,8)9;1-5(2,3)4/h4,12H,2-3H2,1H3;(H,3,4). The predicted molar refractivity (Wildman–Crippen MR) is 54.8 cm³/mol. The van der Waals surface area contributed by atoms with Gasteiger partial charge in [0.1, 0.15) is 6.42 Å². The molecule has 112 valence electrons. The first kappa shape index (κ1) is 20.7. The molecule has 0 bridgehead atoms. The second-order valence-corrected chi connectivity index (χ2v) is 7.16. The maximum atomic E-state index is 12.2. The molecule has 1 unspecified atom stereocenters. The Bertz CT molecular complexity index is 271. The van der Waals surface area contributed by atoms with E-state index in [1.54, 1.807) is 0 Å². The van der Waals surface area contributed by atoms with Gasteiger partial charge in [0.05, 0.1) is 12.7 Å². The molecule has 0 aromatic carbocycles. The van der Waals surface area contributed by atoms with Crippen molar-refractivity contribution in [1.82, 2.24) is 0 Å². The molecule has 0 aliphatic carbocycles. The van der Waals surface area contributed by atoms with Gasteiger partial charge in [-0.25, -0.2) is 0 Å². The molecular weight excluding hydrogens is 333 g/mol. The zero-order valence-corrected chi connectivity index (χ0v) is 11.2. The zero-order chi connectivity index (χ0) is 15.2. The molecule has 0 radical (unpaired) electrons. The van der Waals surface area contributed by atoms with Gasteiger partial charge in [-0.15, -0.1) is 0 Å². The predicted octanol–water partition coefficient (Wildman–Crippen LogP) is 3.49. The van der Waals surface area contributed by atoms with E-state index in [9.17, 15) is 26.5 Å². The molecule has 0 aromatic heterocycles. The number of rotatable bonds is 4. The summed E-state index contributed by atoms with van der Waals surface area (Å²) >= 11 is 8.81. The van der Waals surface area contributed by atoms with Crippen molar-refractivity contribution in [3.05, 3.63) is 0 Å². The van der Waals surface area contributed by atoms with Gasteiger partial charge in [0.15, 0.2) is 0 Å². The highest BCUT2D eigenvalue weighted by Gasteiger charge is 2.44. The third kappa shape index (κ3) is 25.3. The van der Waals surface area contributed by atoms with Gasteiger partial charge in [-0.05, 0) is 29.4 Å². The topological polar surface area (TPSA) is 66.8 Å². The number of aliphatic hydroxyl groups is 1. The van der Waals surface area contributed by atoms with Crippen molar-refractivity contribution in [3.63, 3.8) is 0 Å². The van der Waals surface area contributed by atoms with Crippen LogP contribution in [0.3, 0.4) is 0 Å². The van der Waals surface area contributed by atoms with Crippen molar-refractivity contribution < 1.29 is 41.3 Å². The van der Waals surface area contributed by atoms with Crippen molar-refractivity contribution in [1.29, 1.82) is 0 Å². The highest BCUT2D eigenvalue weighted by Crippen LogP contribution is 2.51. The molecule has 0 aromatic rings. The Balaban J connectivity index is 0. The van der Waals surface area contributed by atoms with Gasteiger partial charge in [0, 0.05) is 0 Å². The summed E-state index contributed by atoms with van der Waals surface area (Å²) in [4.78, 5) is 7.61. The quantitative estimate of drug-likeness (QED) is 0.606. The van der Waals surface area contributed by atoms with Crippen LogP contribution in [-0.2, 0) is 9.30 Å². The normalized spacial score (nSPS) is 14.8. The number of aliphatic hydroxyl groups excluding tert-OH is 1. The molecule has 4 nitrogen and oxygen atoms in total. The van der Waals surface area contributed by atoms with Crippen molar-refractivity contribution in [2.45, 2.75) is 31.7 Å². The van der Waals surface area contributed by atoms with Gasteiger partial charge in [-0.2, -0.15) is 22.0 Å². The van der Waals surface area contributed by atoms with Gasteiger partial charge >= 0.3 is 18.4 Å². The van der Waals surface area contributed by atoms with Crippen LogP contribution in [0, 0.1) is 0 Å². The van der Waals surface area contributed by atoms with Crippen LogP contribution in [0.15, 0.2) is 0 Å². The Morgan fingerprint density at radius 1 is 1.28 bits per heavy atom. The summed E-state index contributed by atoms with van der Waals surface area (Å²) in [7, 11) is 0. The molecule has 12 heteroatoms. The van der Waals surface area contributed by atoms with Crippen LogP contribution in [0.2, 0.25) is 0 Å². The third-order valence-electron chi connectivity index (χ3n) is 0.942. The largest absolute Gasteiger partial charge is 0.397 e. The van der Waals surface area contributed by atoms with E-state index in [0.29, 0.717) is 0 Å². The van der Waals surface area contributed by atoms with Crippen molar-refractivity contribution in [3.8, 4) is 0 Å². The lowest BCUT2D eigenvalue weighted by Crippen LogP contribution is -2.31. The Kier molecular flexibility index (Phi) is 8.97. The maximum Gasteiger partial charge on any atom is 0.397 e. The summed E-state index contributed by atoms with van der Waals surface area (Å²) in [5.41, 5.74) is 0. The first-order valence-corrected chi connectivity index (χ1v) is 7.58. The number of hydrogen-bond donors (Lipinski definition) is 2. The van der Waals surface area contributed by atoms with Crippen molar-refractivity contribution in [2.75, 3.05) is 6.61 Å². The van der Waals surface area contributed by atoms with E-state index >= 15 is 0 Å².